The number of nitrogens with one attached hydrogen (secondary N) is 1. The van der Waals surface area contributed by atoms with E-state index < -0.39 is 5.54 Å². The maximum atomic E-state index is 11.5. The second kappa shape index (κ2) is 4.56. The summed E-state index contributed by atoms with van der Waals surface area (Å²) in [4.78, 5) is 11.5. The van der Waals surface area contributed by atoms with Gasteiger partial charge in [0, 0.05) is 5.69 Å². The van der Waals surface area contributed by atoms with Crippen molar-refractivity contribution in [3.63, 3.8) is 0 Å². The van der Waals surface area contributed by atoms with Crippen LogP contribution in [0.25, 0.3) is 0 Å². The molecule has 0 aliphatic heterocycles. The summed E-state index contributed by atoms with van der Waals surface area (Å²) >= 11 is 0. The van der Waals surface area contributed by atoms with Crippen molar-refractivity contribution in [2.24, 2.45) is 0 Å². The van der Waals surface area contributed by atoms with E-state index in [2.05, 4.69) is 12.2 Å². The maximum Gasteiger partial charge on any atom is 0.330 e. The van der Waals surface area contributed by atoms with Gasteiger partial charge in [-0.2, -0.15) is 0 Å². The van der Waals surface area contributed by atoms with Gasteiger partial charge in [0.1, 0.15) is 5.54 Å². The summed E-state index contributed by atoms with van der Waals surface area (Å²) in [7, 11) is 1.39. The highest BCUT2D eigenvalue weighted by molar-refractivity contribution is 5.83. The summed E-state index contributed by atoms with van der Waals surface area (Å²) in [6.07, 6.45) is 0. The SMILES string of the molecule is COC(=O)C(C)(C)Nc1ccc(C)c(C)c1. The van der Waals surface area contributed by atoms with E-state index in [1.165, 1.54) is 18.2 Å². The van der Waals surface area contributed by atoms with Crippen LogP contribution < -0.4 is 5.32 Å². The fraction of sp³-hybridized carbons (Fsp3) is 0.462. The smallest absolute Gasteiger partial charge is 0.330 e. The summed E-state index contributed by atoms with van der Waals surface area (Å²) in [5.74, 6) is -0.272. The molecular weight excluding hydrogens is 202 g/mol. The van der Waals surface area contributed by atoms with E-state index in [1.54, 1.807) is 13.8 Å². The van der Waals surface area contributed by atoms with Gasteiger partial charge in [0.05, 0.1) is 7.11 Å². The normalized spacial score (nSPS) is 11.1. The van der Waals surface area contributed by atoms with E-state index in [4.69, 9.17) is 4.74 Å². The van der Waals surface area contributed by atoms with Gasteiger partial charge in [-0.25, -0.2) is 4.79 Å². The number of carbonyl (C=O) groups is 1. The molecule has 0 atom stereocenters. The Labute approximate surface area is 96.8 Å². The molecule has 0 aromatic heterocycles. The van der Waals surface area contributed by atoms with Crippen molar-refractivity contribution in [2.75, 3.05) is 12.4 Å². The molecule has 0 bridgehead atoms. The van der Waals surface area contributed by atoms with Gasteiger partial charge in [0.25, 0.3) is 0 Å². The molecule has 88 valence electrons. The standard InChI is InChI=1S/C13H19NO2/c1-9-6-7-11(8-10(9)2)14-13(3,4)12(15)16-5/h6-8,14H,1-5H3. The zero-order valence-electron chi connectivity index (χ0n) is 10.5. The highest BCUT2D eigenvalue weighted by Crippen LogP contribution is 2.19. The van der Waals surface area contributed by atoms with E-state index in [-0.39, 0.29) is 5.97 Å². The third kappa shape index (κ3) is 2.75. The predicted molar refractivity (Wildman–Crippen MR) is 65.6 cm³/mol. The highest BCUT2D eigenvalue weighted by atomic mass is 16.5. The summed E-state index contributed by atoms with van der Waals surface area (Å²) in [6.45, 7) is 7.71. The molecule has 0 aliphatic carbocycles. The van der Waals surface area contributed by atoms with Gasteiger partial charge in [-0.15, -0.1) is 0 Å². The molecule has 0 aliphatic rings. The molecule has 1 aromatic rings. The molecule has 3 nitrogen and oxygen atoms in total. The number of benzene rings is 1. The first kappa shape index (κ1) is 12.6. The van der Waals surface area contributed by atoms with Crippen molar-refractivity contribution in [3.8, 4) is 0 Å². The first-order valence-corrected chi connectivity index (χ1v) is 5.30. The van der Waals surface area contributed by atoms with Crippen molar-refractivity contribution >= 4 is 11.7 Å². The first-order valence-electron chi connectivity index (χ1n) is 5.30. The molecule has 0 radical (unpaired) electrons. The van der Waals surface area contributed by atoms with Crippen LogP contribution in [0.4, 0.5) is 5.69 Å². The molecule has 1 rings (SSSR count). The van der Waals surface area contributed by atoms with Gasteiger partial charge in [-0.3, -0.25) is 0 Å². The lowest BCUT2D eigenvalue weighted by Crippen LogP contribution is -2.41. The lowest BCUT2D eigenvalue weighted by Gasteiger charge is -2.24. The predicted octanol–water partition coefficient (Wildman–Crippen LogP) is 2.67. The summed E-state index contributed by atoms with van der Waals surface area (Å²) in [5, 5.41) is 3.16. The Morgan fingerprint density at radius 2 is 1.88 bits per heavy atom. The number of hydrogen-bond donors (Lipinski definition) is 1. The minimum atomic E-state index is -0.712. The second-order valence-electron chi connectivity index (χ2n) is 4.54. The van der Waals surface area contributed by atoms with E-state index in [0.29, 0.717) is 0 Å². The van der Waals surface area contributed by atoms with Crippen molar-refractivity contribution in [3.05, 3.63) is 29.3 Å². The Kier molecular flexibility index (Phi) is 3.58. The molecule has 0 spiro atoms. The Hall–Kier alpha value is -1.51. The van der Waals surface area contributed by atoms with E-state index in [1.807, 2.05) is 25.1 Å². The number of rotatable bonds is 3. The summed E-state index contributed by atoms with van der Waals surface area (Å²) in [6, 6.07) is 6.03. The fourth-order valence-electron chi connectivity index (χ4n) is 1.49. The molecule has 0 fully saturated rings. The van der Waals surface area contributed by atoms with Crippen LogP contribution in [0.15, 0.2) is 18.2 Å². The average Bonchev–Trinajstić information content (AvgIpc) is 2.22. The van der Waals surface area contributed by atoms with Gasteiger partial charge in [-0.1, -0.05) is 6.07 Å². The monoisotopic (exact) mass is 221 g/mol. The summed E-state index contributed by atoms with van der Waals surface area (Å²) < 4.78 is 4.74. The zero-order chi connectivity index (χ0) is 12.3. The van der Waals surface area contributed by atoms with Gasteiger partial charge in [0.2, 0.25) is 0 Å². The van der Waals surface area contributed by atoms with Crippen molar-refractivity contribution in [1.29, 1.82) is 0 Å². The van der Waals surface area contributed by atoms with Gasteiger partial charge < -0.3 is 10.1 Å². The number of anilines is 1. The molecule has 3 heteroatoms. The Morgan fingerprint density at radius 3 is 2.38 bits per heavy atom. The minimum absolute atomic E-state index is 0.272. The Bertz CT molecular complexity index is 397. The number of ether oxygens (including phenoxy) is 1. The molecular formula is C13H19NO2. The van der Waals surface area contributed by atoms with Gasteiger partial charge in [-0.05, 0) is 51.0 Å². The van der Waals surface area contributed by atoms with Crippen LogP contribution in [0.2, 0.25) is 0 Å². The first-order chi connectivity index (χ1) is 7.36. The third-order valence-corrected chi connectivity index (χ3v) is 2.66. The second-order valence-corrected chi connectivity index (χ2v) is 4.54. The van der Waals surface area contributed by atoms with E-state index >= 15 is 0 Å². The average molecular weight is 221 g/mol. The maximum absolute atomic E-state index is 11.5. The number of hydrogen-bond acceptors (Lipinski definition) is 3. The van der Waals surface area contributed by atoms with Gasteiger partial charge in [0.15, 0.2) is 0 Å². The van der Waals surface area contributed by atoms with Crippen molar-refractivity contribution < 1.29 is 9.53 Å². The van der Waals surface area contributed by atoms with Crippen LogP contribution in [0.3, 0.4) is 0 Å². The van der Waals surface area contributed by atoms with Crippen LogP contribution in [-0.2, 0) is 9.53 Å². The number of methoxy groups -OCH3 is 1. The lowest BCUT2D eigenvalue weighted by atomic mass is 10.0. The molecule has 1 N–H and O–H groups in total. The molecule has 1 aromatic carbocycles. The molecule has 16 heavy (non-hydrogen) atoms. The fourth-order valence-corrected chi connectivity index (χ4v) is 1.49. The Morgan fingerprint density at radius 1 is 1.25 bits per heavy atom. The molecule has 0 saturated heterocycles. The molecule has 0 amide bonds. The largest absolute Gasteiger partial charge is 0.467 e. The van der Waals surface area contributed by atoms with Crippen LogP contribution in [0.5, 0.6) is 0 Å². The quantitative estimate of drug-likeness (QED) is 0.797. The van der Waals surface area contributed by atoms with Crippen molar-refractivity contribution in [1.82, 2.24) is 0 Å². The topological polar surface area (TPSA) is 38.3 Å². The van der Waals surface area contributed by atoms with E-state index in [0.717, 1.165) is 5.69 Å². The highest BCUT2D eigenvalue weighted by Gasteiger charge is 2.28. The zero-order valence-corrected chi connectivity index (χ0v) is 10.5. The summed E-state index contributed by atoms with van der Waals surface area (Å²) in [5.41, 5.74) is 2.65. The van der Waals surface area contributed by atoms with Gasteiger partial charge >= 0.3 is 5.97 Å². The van der Waals surface area contributed by atoms with Crippen LogP contribution >= 0.6 is 0 Å². The molecule has 0 heterocycles. The number of esters is 1. The third-order valence-electron chi connectivity index (χ3n) is 2.66. The lowest BCUT2D eigenvalue weighted by molar-refractivity contribution is -0.144. The van der Waals surface area contributed by atoms with Crippen LogP contribution in [0.1, 0.15) is 25.0 Å². The number of aryl methyl sites for hydroxylation is 2. The molecule has 0 unspecified atom stereocenters. The Balaban J connectivity index is 2.88. The minimum Gasteiger partial charge on any atom is -0.467 e. The van der Waals surface area contributed by atoms with Crippen molar-refractivity contribution in [2.45, 2.75) is 33.2 Å². The number of carbonyl (C=O) groups excluding carboxylic acids is 1. The van der Waals surface area contributed by atoms with E-state index in [9.17, 15) is 4.79 Å². The molecule has 0 saturated carbocycles. The van der Waals surface area contributed by atoms with Crippen LogP contribution in [-0.4, -0.2) is 18.6 Å². The van der Waals surface area contributed by atoms with Crippen LogP contribution in [0, 0.1) is 13.8 Å².